The molecule has 0 aliphatic carbocycles. The molecule has 0 aliphatic rings. The molecule has 2 heterocycles. The van der Waals surface area contributed by atoms with Crippen molar-refractivity contribution in [1.82, 2.24) is 24.7 Å². The normalized spacial score (nSPS) is 10.5. The molecule has 0 amide bonds. The van der Waals surface area contributed by atoms with Crippen molar-refractivity contribution < 1.29 is 0 Å². The Morgan fingerprint density at radius 2 is 2.18 bits per heavy atom. The second-order valence-electron chi connectivity index (χ2n) is 3.41. The molecule has 7 nitrogen and oxygen atoms in total. The summed E-state index contributed by atoms with van der Waals surface area (Å²) in [6.07, 6.45) is 3.28. The summed E-state index contributed by atoms with van der Waals surface area (Å²) in [7, 11) is 1.94. The third kappa shape index (κ3) is 2.71. The lowest BCUT2D eigenvalue weighted by Gasteiger charge is -2.02. The highest BCUT2D eigenvalue weighted by atomic mass is 32.2. The molecule has 17 heavy (non-hydrogen) atoms. The van der Waals surface area contributed by atoms with Crippen LogP contribution in [-0.4, -0.2) is 24.7 Å². The number of nitrogen functional groups attached to an aromatic ring is 1. The Morgan fingerprint density at radius 3 is 2.71 bits per heavy atom. The summed E-state index contributed by atoms with van der Waals surface area (Å²) in [5.74, 6) is 7.35. The number of aryl methyl sites for hydroxylation is 1. The molecule has 0 saturated heterocycles. The van der Waals surface area contributed by atoms with Crippen LogP contribution in [0.2, 0.25) is 0 Å². The van der Waals surface area contributed by atoms with Crippen molar-refractivity contribution in [3.8, 4) is 0 Å². The molecule has 3 N–H and O–H groups in total. The zero-order valence-electron chi connectivity index (χ0n) is 9.58. The number of hydrazine groups is 1. The lowest BCUT2D eigenvalue weighted by molar-refractivity contribution is 0.765. The van der Waals surface area contributed by atoms with Gasteiger partial charge in [0.2, 0.25) is 0 Å². The third-order valence-electron chi connectivity index (χ3n) is 2.25. The molecule has 90 valence electrons. The van der Waals surface area contributed by atoms with E-state index in [-0.39, 0.29) is 0 Å². The van der Waals surface area contributed by atoms with Crippen molar-refractivity contribution in [3.05, 3.63) is 23.9 Å². The summed E-state index contributed by atoms with van der Waals surface area (Å²) in [6, 6.07) is 0. The number of anilines is 1. The molecule has 0 spiro atoms. The molecule has 2 rings (SSSR count). The van der Waals surface area contributed by atoms with Gasteiger partial charge in [0.1, 0.15) is 5.82 Å². The maximum atomic E-state index is 5.21. The van der Waals surface area contributed by atoms with E-state index in [0.717, 1.165) is 16.7 Å². The first kappa shape index (κ1) is 11.8. The van der Waals surface area contributed by atoms with E-state index in [2.05, 4.69) is 25.6 Å². The summed E-state index contributed by atoms with van der Waals surface area (Å²) in [5, 5.41) is 8.91. The second-order valence-corrected chi connectivity index (χ2v) is 4.36. The van der Waals surface area contributed by atoms with E-state index in [1.54, 1.807) is 24.2 Å². The van der Waals surface area contributed by atoms with Crippen molar-refractivity contribution in [2.24, 2.45) is 12.9 Å². The average Bonchev–Trinajstić information content (AvgIpc) is 2.68. The Labute approximate surface area is 103 Å². The zero-order valence-corrected chi connectivity index (χ0v) is 10.4. The van der Waals surface area contributed by atoms with Gasteiger partial charge in [0.25, 0.3) is 0 Å². The van der Waals surface area contributed by atoms with E-state index in [0.29, 0.717) is 11.6 Å². The lowest BCUT2D eigenvalue weighted by atomic mass is 10.5. The summed E-state index contributed by atoms with van der Waals surface area (Å²) < 4.78 is 1.94. The van der Waals surface area contributed by atoms with Crippen LogP contribution >= 0.6 is 11.8 Å². The number of aromatic nitrogens is 5. The molecule has 0 fully saturated rings. The van der Waals surface area contributed by atoms with Gasteiger partial charge >= 0.3 is 0 Å². The molecule has 0 bridgehead atoms. The fourth-order valence-electron chi connectivity index (χ4n) is 1.16. The van der Waals surface area contributed by atoms with Crippen molar-refractivity contribution in [3.63, 3.8) is 0 Å². The minimum Gasteiger partial charge on any atom is -0.309 e. The second kappa shape index (κ2) is 5.11. The fourth-order valence-corrected chi connectivity index (χ4v) is 2.01. The maximum absolute atomic E-state index is 5.21. The van der Waals surface area contributed by atoms with Gasteiger partial charge in [0.15, 0.2) is 11.0 Å². The van der Waals surface area contributed by atoms with Crippen molar-refractivity contribution in [2.75, 3.05) is 5.43 Å². The molecule has 0 atom stereocenters. The summed E-state index contributed by atoms with van der Waals surface area (Å²) in [4.78, 5) is 8.30. The Kier molecular flexibility index (Phi) is 3.55. The number of hydrogen-bond donors (Lipinski definition) is 2. The Morgan fingerprint density at radius 1 is 1.35 bits per heavy atom. The molecule has 8 heteroatoms. The van der Waals surface area contributed by atoms with Crippen LogP contribution in [0.15, 0.2) is 17.6 Å². The molecular formula is C9H13N7S. The van der Waals surface area contributed by atoms with E-state index in [1.807, 2.05) is 18.5 Å². The molecular weight excluding hydrogens is 238 g/mol. The van der Waals surface area contributed by atoms with Crippen molar-refractivity contribution in [1.29, 1.82) is 0 Å². The molecule has 0 aliphatic heterocycles. The fraction of sp³-hybridized carbons (Fsp3) is 0.333. The van der Waals surface area contributed by atoms with Crippen LogP contribution in [0.3, 0.4) is 0 Å². The van der Waals surface area contributed by atoms with Gasteiger partial charge in [-0.05, 0) is 6.92 Å². The summed E-state index contributed by atoms with van der Waals surface area (Å²) >= 11 is 1.57. The average molecular weight is 251 g/mol. The third-order valence-corrected chi connectivity index (χ3v) is 3.31. The van der Waals surface area contributed by atoms with E-state index >= 15 is 0 Å². The number of nitrogens with zero attached hydrogens (tertiary/aromatic N) is 5. The SMILES string of the molecule is Cc1nnc(SCc2cnc(NN)cn2)n1C. The highest BCUT2D eigenvalue weighted by molar-refractivity contribution is 7.98. The largest absolute Gasteiger partial charge is 0.309 e. The quantitative estimate of drug-likeness (QED) is 0.464. The minimum atomic E-state index is 0.549. The smallest absolute Gasteiger partial charge is 0.191 e. The van der Waals surface area contributed by atoms with E-state index in [4.69, 9.17) is 5.84 Å². The molecule has 0 aromatic carbocycles. The van der Waals surface area contributed by atoms with Crippen LogP contribution in [-0.2, 0) is 12.8 Å². The van der Waals surface area contributed by atoms with Crippen molar-refractivity contribution >= 4 is 17.6 Å². The molecule has 2 aromatic heterocycles. The number of hydrogen-bond acceptors (Lipinski definition) is 7. The van der Waals surface area contributed by atoms with Crippen LogP contribution in [0.4, 0.5) is 5.82 Å². The first-order chi connectivity index (χ1) is 8.20. The van der Waals surface area contributed by atoms with Gasteiger partial charge < -0.3 is 9.99 Å². The van der Waals surface area contributed by atoms with E-state index in [9.17, 15) is 0 Å². The van der Waals surface area contributed by atoms with Crippen LogP contribution in [0.25, 0.3) is 0 Å². The number of nitrogens with two attached hydrogens (primary N) is 1. The molecule has 0 saturated carbocycles. The first-order valence-electron chi connectivity index (χ1n) is 4.97. The highest BCUT2D eigenvalue weighted by Crippen LogP contribution is 2.19. The maximum Gasteiger partial charge on any atom is 0.191 e. The summed E-state index contributed by atoms with van der Waals surface area (Å²) in [5.41, 5.74) is 3.30. The number of nitrogens with one attached hydrogen (secondary N) is 1. The van der Waals surface area contributed by atoms with Gasteiger partial charge in [-0.15, -0.1) is 10.2 Å². The predicted molar refractivity (Wildman–Crippen MR) is 65.1 cm³/mol. The van der Waals surface area contributed by atoms with Gasteiger partial charge in [-0.1, -0.05) is 11.8 Å². The lowest BCUT2D eigenvalue weighted by Crippen LogP contribution is -2.09. The Hall–Kier alpha value is -1.67. The zero-order chi connectivity index (χ0) is 12.3. The van der Waals surface area contributed by atoms with Gasteiger partial charge in [0.05, 0.1) is 18.1 Å². The topological polar surface area (TPSA) is 94.5 Å². The first-order valence-corrected chi connectivity index (χ1v) is 5.95. The van der Waals surface area contributed by atoms with Gasteiger partial charge in [-0.2, -0.15) is 0 Å². The number of rotatable bonds is 4. The van der Waals surface area contributed by atoms with Crippen LogP contribution in [0.1, 0.15) is 11.5 Å². The van der Waals surface area contributed by atoms with Gasteiger partial charge in [0, 0.05) is 12.8 Å². The van der Waals surface area contributed by atoms with Crippen molar-refractivity contribution in [2.45, 2.75) is 17.8 Å². The van der Waals surface area contributed by atoms with E-state index in [1.165, 1.54) is 0 Å². The highest BCUT2D eigenvalue weighted by Gasteiger charge is 2.06. The van der Waals surface area contributed by atoms with Crippen LogP contribution in [0.5, 0.6) is 0 Å². The monoisotopic (exact) mass is 251 g/mol. The molecule has 2 aromatic rings. The van der Waals surface area contributed by atoms with Crippen LogP contribution in [0, 0.1) is 6.92 Å². The molecule has 0 unspecified atom stereocenters. The predicted octanol–water partition coefficient (Wildman–Crippen LogP) is 0.491. The van der Waals surface area contributed by atoms with Gasteiger partial charge in [-0.25, -0.2) is 10.8 Å². The number of thioether (sulfide) groups is 1. The molecule has 0 radical (unpaired) electrons. The van der Waals surface area contributed by atoms with Crippen LogP contribution < -0.4 is 11.3 Å². The summed E-state index contributed by atoms with van der Waals surface area (Å²) in [6.45, 7) is 1.92. The standard InChI is InChI=1S/C9H13N7S/c1-6-14-15-9(16(6)2)17-5-7-3-12-8(13-10)4-11-7/h3-4H,5,10H2,1-2H3,(H,12,13). The minimum absolute atomic E-state index is 0.549. The Balaban J connectivity index is 2.00. The van der Waals surface area contributed by atoms with Gasteiger partial charge in [-0.3, -0.25) is 4.98 Å². The Bertz CT molecular complexity index is 493. The van der Waals surface area contributed by atoms with E-state index < -0.39 is 0 Å².